The summed E-state index contributed by atoms with van der Waals surface area (Å²) in [5, 5.41) is 2.76. The molecule has 5 atom stereocenters. The van der Waals surface area contributed by atoms with Crippen molar-refractivity contribution < 1.29 is 57.2 Å². The number of rotatable bonds is 24. The van der Waals surface area contributed by atoms with Crippen LogP contribution in [0.2, 0.25) is 0 Å². The van der Waals surface area contributed by atoms with Crippen LogP contribution in [0, 0.1) is 0 Å². The first-order chi connectivity index (χ1) is 28.2. The van der Waals surface area contributed by atoms with Crippen LogP contribution in [0.4, 0.5) is 4.79 Å². The van der Waals surface area contributed by atoms with Gasteiger partial charge in [-0.15, -0.1) is 0 Å². The number of carbonyl (C=O) groups is 6. The molecule has 0 spiro atoms. The summed E-state index contributed by atoms with van der Waals surface area (Å²) in [7, 11) is 0. The third kappa shape index (κ3) is 18.5. The number of esters is 5. The summed E-state index contributed by atoms with van der Waals surface area (Å²) in [6, 6.07) is 5.54. The van der Waals surface area contributed by atoms with Crippen molar-refractivity contribution >= 4 is 35.9 Å². The molecule has 1 amide bonds. The SMILES string of the molecule is CCOC(=O)C(C)N(CCN(CC(=O)OC(C)(C)C)CC1CCC(C(=O)OCC)N1C(CCCCNC(=O)OC(C)(C)C)C(=O)OCc1ccccc1)C(C)C(=O)OCC. The molecule has 16 nitrogen and oxygen atoms in total. The molecular weight excluding hydrogens is 776 g/mol. The molecule has 0 radical (unpaired) electrons. The maximum Gasteiger partial charge on any atom is 0.407 e. The van der Waals surface area contributed by atoms with Crippen molar-refractivity contribution in [3.63, 3.8) is 0 Å². The van der Waals surface area contributed by atoms with Crippen LogP contribution in [-0.2, 0) is 59.0 Å². The standard InChI is InChI=1S/C44H72N4O12/c1-12-55-38(50)31(4)47(32(5)39(51)56-13-2)27-26-46(29-37(49)59-43(6,7)8)28-34-23-24-36(40(52)57-14-3)48(34)35(41(53)58-30-33-20-16-15-17-21-33)22-18-19-25-45-42(54)60-44(9,10)11/h15-17,20-21,31-32,34-36H,12-14,18-19,22-30H2,1-11H3,(H,45,54). The van der Waals surface area contributed by atoms with Gasteiger partial charge >= 0.3 is 35.9 Å². The second kappa shape index (κ2) is 25.5. The van der Waals surface area contributed by atoms with E-state index in [0.29, 0.717) is 38.6 Å². The van der Waals surface area contributed by atoms with Crippen molar-refractivity contribution in [1.82, 2.24) is 20.0 Å². The van der Waals surface area contributed by atoms with Gasteiger partial charge < -0.3 is 33.7 Å². The molecule has 1 aromatic carbocycles. The van der Waals surface area contributed by atoms with Gasteiger partial charge in [-0.25, -0.2) is 4.79 Å². The van der Waals surface area contributed by atoms with Crippen LogP contribution in [0.1, 0.15) is 114 Å². The molecule has 1 aliphatic heterocycles. The van der Waals surface area contributed by atoms with Gasteiger partial charge in [-0.05, 0) is 114 Å². The fourth-order valence-corrected chi connectivity index (χ4v) is 7.08. The molecule has 16 heteroatoms. The van der Waals surface area contributed by atoms with Gasteiger partial charge in [0.2, 0.25) is 0 Å². The number of nitrogens with zero attached hydrogens (tertiary/aromatic N) is 3. The summed E-state index contributed by atoms with van der Waals surface area (Å²) < 4.78 is 33.2. The van der Waals surface area contributed by atoms with Crippen LogP contribution in [0.5, 0.6) is 0 Å². The van der Waals surface area contributed by atoms with Crippen molar-refractivity contribution in [3.8, 4) is 0 Å². The Morgan fingerprint density at radius 2 is 1.33 bits per heavy atom. The minimum Gasteiger partial charge on any atom is -0.465 e. The highest BCUT2D eigenvalue weighted by molar-refractivity contribution is 5.81. The lowest BCUT2D eigenvalue weighted by atomic mass is 10.0. The van der Waals surface area contributed by atoms with Gasteiger partial charge in [0.25, 0.3) is 0 Å². The smallest absolute Gasteiger partial charge is 0.407 e. The highest BCUT2D eigenvalue weighted by atomic mass is 16.6. The van der Waals surface area contributed by atoms with Gasteiger partial charge in [-0.1, -0.05) is 30.3 Å². The first-order valence-corrected chi connectivity index (χ1v) is 21.4. The molecule has 340 valence electrons. The van der Waals surface area contributed by atoms with E-state index in [0.717, 1.165) is 5.56 Å². The van der Waals surface area contributed by atoms with Crippen LogP contribution >= 0.6 is 0 Å². The normalized spacial score (nSPS) is 17.4. The number of nitrogens with one attached hydrogen (secondary N) is 1. The van der Waals surface area contributed by atoms with E-state index in [1.54, 1.807) is 81.1 Å². The zero-order valence-corrected chi connectivity index (χ0v) is 37.9. The molecule has 0 aliphatic carbocycles. The fourth-order valence-electron chi connectivity index (χ4n) is 7.08. The number of hydrogen-bond donors (Lipinski definition) is 1. The number of carbonyl (C=O) groups excluding carboxylic acids is 6. The van der Waals surface area contributed by atoms with Crippen LogP contribution in [0.15, 0.2) is 30.3 Å². The third-order valence-corrected chi connectivity index (χ3v) is 9.71. The average molecular weight is 849 g/mol. The zero-order chi connectivity index (χ0) is 45.0. The topological polar surface area (TPSA) is 180 Å². The Bertz CT molecular complexity index is 1490. The number of benzene rings is 1. The summed E-state index contributed by atoms with van der Waals surface area (Å²) in [6.45, 7) is 20.3. The van der Waals surface area contributed by atoms with Gasteiger partial charge in [0, 0.05) is 32.2 Å². The average Bonchev–Trinajstić information content (AvgIpc) is 3.57. The van der Waals surface area contributed by atoms with Crippen LogP contribution < -0.4 is 5.32 Å². The van der Waals surface area contributed by atoms with E-state index < -0.39 is 77.4 Å². The minimum atomic E-state index is -0.885. The molecule has 0 aromatic heterocycles. The molecule has 60 heavy (non-hydrogen) atoms. The van der Waals surface area contributed by atoms with Crippen LogP contribution in [0.3, 0.4) is 0 Å². The summed E-state index contributed by atoms with van der Waals surface area (Å²) in [5.74, 6) is -2.50. The molecular formula is C44H72N4O12. The Hall–Kier alpha value is -4.28. The van der Waals surface area contributed by atoms with Crippen molar-refractivity contribution in [2.45, 2.75) is 156 Å². The summed E-state index contributed by atoms with van der Waals surface area (Å²) in [4.78, 5) is 85.0. The lowest BCUT2D eigenvalue weighted by Gasteiger charge is -2.38. The quantitative estimate of drug-likeness (QED) is 0.0831. The number of alkyl carbamates (subject to hydrolysis) is 1. The van der Waals surface area contributed by atoms with E-state index in [-0.39, 0.29) is 52.6 Å². The Labute approximate surface area is 357 Å². The molecule has 1 saturated heterocycles. The van der Waals surface area contributed by atoms with Crippen molar-refractivity contribution in [2.24, 2.45) is 0 Å². The lowest BCUT2D eigenvalue weighted by molar-refractivity contribution is -0.161. The molecule has 1 aliphatic rings. The van der Waals surface area contributed by atoms with Crippen molar-refractivity contribution in [1.29, 1.82) is 0 Å². The first-order valence-electron chi connectivity index (χ1n) is 21.4. The predicted molar refractivity (Wildman–Crippen MR) is 225 cm³/mol. The minimum absolute atomic E-state index is 0.0247. The number of unbranched alkanes of at least 4 members (excludes halogenated alkanes) is 1. The van der Waals surface area contributed by atoms with E-state index in [1.807, 2.05) is 40.1 Å². The number of amides is 1. The van der Waals surface area contributed by atoms with Gasteiger partial charge in [-0.2, -0.15) is 0 Å². The fraction of sp³-hybridized carbons (Fsp3) is 0.727. The lowest BCUT2D eigenvalue weighted by Crippen LogP contribution is -2.56. The zero-order valence-electron chi connectivity index (χ0n) is 37.9. The number of ether oxygens (including phenoxy) is 6. The highest BCUT2D eigenvalue weighted by Gasteiger charge is 2.46. The van der Waals surface area contributed by atoms with Gasteiger partial charge in [0.15, 0.2) is 0 Å². The van der Waals surface area contributed by atoms with E-state index in [4.69, 9.17) is 28.4 Å². The predicted octanol–water partition coefficient (Wildman–Crippen LogP) is 5.04. The molecule has 2 rings (SSSR count). The Balaban J connectivity index is 2.52. The van der Waals surface area contributed by atoms with Crippen molar-refractivity contribution in [3.05, 3.63) is 35.9 Å². The second-order valence-electron chi connectivity index (χ2n) is 16.9. The second-order valence-corrected chi connectivity index (χ2v) is 16.9. The molecule has 1 aromatic rings. The van der Waals surface area contributed by atoms with Gasteiger partial charge in [0.05, 0.1) is 26.4 Å². The molecule has 0 bridgehead atoms. The molecule has 5 unspecified atom stereocenters. The van der Waals surface area contributed by atoms with Gasteiger partial charge in [0.1, 0.15) is 42.0 Å². The van der Waals surface area contributed by atoms with Crippen LogP contribution in [-0.4, -0.2) is 145 Å². The van der Waals surface area contributed by atoms with E-state index in [1.165, 1.54) is 0 Å². The van der Waals surface area contributed by atoms with Crippen LogP contribution in [0.25, 0.3) is 0 Å². The molecule has 1 fully saturated rings. The third-order valence-electron chi connectivity index (χ3n) is 9.71. The number of likely N-dealkylation sites (tertiary alicyclic amines) is 1. The highest BCUT2D eigenvalue weighted by Crippen LogP contribution is 2.31. The van der Waals surface area contributed by atoms with E-state index in [9.17, 15) is 28.8 Å². The Morgan fingerprint density at radius 3 is 1.88 bits per heavy atom. The van der Waals surface area contributed by atoms with E-state index >= 15 is 0 Å². The Morgan fingerprint density at radius 1 is 0.750 bits per heavy atom. The maximum absolute atomic E-state index is 14.2. The summed E-state index contributed by atoms with van der Waals surface area (Å²) in [6.07, 6.45) is 1.64. The number of hydrogen-bond acceptors (Lipinski definition) is 15. The van der Waals surface area contributed by atoms with Crippen molar-refractivity contribution in [2.75, 3.05) is 52.5 Å². The molecule has 1 heterocycles. The monoisotopic (exact) mass is 849 g/mol. The largest absolute Gasteiger partial charge is 0.465 e. The maximum atomic E-state index is 14.2. The first kappa shape index (κ1) is 51.9. The summed E-state index contributed by atoms with van der Waals surface area (Å²) >= 11 is 0. The van der Waals surface area contributed by atoms with E-state index in [2.05, 4.69) is 5.32 Å². The summed E-state index contributed by atoms with van der Waals surface area (Å²) in [5.41, 5.74) is -0.627. The van der Waals surface area contributed by atoms with Gasteiger partial charge in [-0.3, -0.25) is 38.7 Å². The molecule has 0 saturated carbocycles. The molecule has 1 N–H and O–H groups in total. The Kier molecular flexibility index (Phi) is 22.0.